The van der Waals surface area contributed by atoms with E-state index < -0.39 is 0 Å². The van der Waals surface area contributed by atoms with Gasteiger partial charge in [-0.15, -0.1) is 5.10 Å². The van der Waals surface area contributed by atoms with Gasteiger partial charge in [-0.3, -0.25) is 0 Å². The molecule has 0 radical (unpaired) electrons. The van der Waals surface area contributed by atoms with Crippen LogP contribution in [0.4, 0.5) is 5.69 Å². The quantitative estimate of drug-likeness (QED) is 0.621. The van der Waals surface area contributed by atoms with Crippen molar-refractivity contribution in [2.24, 2.45) is 0 Å². The first-order chi connectivity index (χ1) is 11.7. The Hall–Kier alpha value is -3.22. The van der Waals surface area contributed by atoms with E-state index in [4.69, 9.17) is 4.42 Å². The summed E-state index contributed by atoms with van der Waals surface area (Å²) < 4.78 is 7.23. The molecule has 4 aromatic rings. The Morgan fingerprint density at radius 2 is 1.96 bits per heavy atom. The predicted octanol–water partition coefficient (Wildman–Crippen LogP) is 3.29. The van der Waals surface area contributed by atoms with E-state index in [1.165, 1.54) is 0 Å². The van der Waals surface area contributed by atoms with Crippen molar-refractivity contribution >= 4 is 16.8 Å². The number of tetrazole rings is 1. The number of hydrogen-bond acceptors (Lipinski definition) is 6. The zero-order chi connectivity index (χ0) is 16.5. The number of rotatable bonds is 4. The summed E-state index contributed by atoms with van der Waals surface area (Å²) in [6, 6.07) is 15.6. The van der Waals surface area contributed by atoms with Crippen LogP contribution in [0.3, 0.4) is 0 Å². The SMILES string of the molecule is Cc1nc2cc(N[C@@H](C)c3nnnn3-c3ccccc3)ccc2o1. The second-order valence-corrected chi connectivity index (χ2v) is 5.57. The maximum atomic E-state index is 5.50. The van der Waals surface area contributed by atoms with Crippen LogP contribution in [0.5, 0.6) is 0 Å². The van der Waals surface area contributed by atoms with Crippen molar-refractivity contribution in [3.8, 4) is 5.69 Å². The number of benzene rings is 2. The average Bonchev–Trinajstić information content (AvgIpc) is 3.21. The summed E-state index contributed by atoms with van der Waals surface area (Å²) in [5, 5.41) is 15.5. The zero-order valence-electron chi connectivity index (χ0n) is 13.3. The molecule has 0 aliphatic carbocycles. The van der Waals surface area contributed by atoms with Crippen LogP contribution in [0.1, 0.15) is 24.7 Å². The van der Waals surface area contributed by atoms with Crippen LogP contribution in [-0.2, 0) is 0 Å². The minimum Gasteiger partial charge on any atom is -0.441 e. The van der Waals surface area contributed by atoms with Gasteiger partial charge in [-0.1, -0.05) is 18.2 Å². The summed E-state index contributed by atoms with van der Waals surface area (Å²) in [7, 11) is 0. The molecule has 1 atom stereocenters. The lowest BCUT2D eigenvalue weighted by atomic mass is 10.2. The fraction of sp³-hybridized carbons (Fsp3) is 0.176. The van der Waals surface area contributed by atoms with Crippen molar-refractivity contribution in [3.05, 3.63) is 60.2 Å². The Kier molecular flexibility index (Phi) is 3.45. The van der Waals surface area contributed by atoms with Gasteiger partial charge in [0, 0.05) is 12.6 Å². The topological polar surface area (TPSA) is 81.7 Å². The molecule has 24 heavy (non-hydrogen) atoms. The van der Waals surface area contributed by atoms with Crippen LogP contribution in [0.2, 0.25) is 0 Å². The minimum atomic E-state index is -0.0781. The predicted molar refractivity (Wildman–Crippen MR) is 89.9 cm³/mol. The molecule has 0 aliphatic heterocycles. The molecule has 2 aromatic heterocycles. The standard InChI is InChI=1S/C17H16N6O/c1-11(17-20-21-22-23(17)14-6-4-3-5-7-14)18-13-8-9-16-15(10-13)19-12(2)24-16/h3-11,18H,1-2H3/t11-/m0/s1. The second kappa shape index (κ2) is 5.77. The molecule has 120 valence electrons. The Morgan fingerprint density at radius 1 is 1.12 bits per heavy atom. The molecule has 0 spiro atoms. The maximum Gasteiger partial charge on any atom is 0.192 e. The number of nitrogens with zero attached hydrogens (tertiary/aromatic N) is 5. The van der Waals surface area contributed by atoms with Gasteiger partial charge in [0.05, 0.1) is 11.7 Å². The highest BCUT2D eigenvalue weighted by Crippen LogP contribution is 2.23. The second-order valence-electron chi connectivity index (χ2n) is 5.57. The summed E-state index contributed by atoms with van der Waals surface area (Å²) in [4.78, 5) is 4.36. The maximum absolute atomic E-state index is 5.50. The molecule has 0 saturated carbocycles. The number of aromatic nitrogens is 5. The van der Waals surface area contributed by atoms with Crippen LogP contribution >= 0.6 is 0 Å². The van der Waals surface area contributed by atoms with E-state index in [1.54, 1.807) is 4.68 Å². The molecule has 2 heterocycles. The zero-order valence-corrected chi connectivity index (χ0v) is 13.3. The number of oxazole rings is 1. The van der Waals surface area contributed by atoms with E-state index in [-0.39, 0.29) is 6.04 Å². The first-order valence-electron chi connectivity index (χ1n) is 7.68. The Labute approximate surface area is 138 Å². The summed E-state index contributed by atoms with van der Waals surface area (Å²) in [5.41, 5.74) is 3.46. The van der Waals surface area contributed by atoms with Crippen molar-refractivity contribution in [2.45, 2.75) is 19.9 Å². The first kappa shape index (κ1) is 14.4. The number of fused-ring (bicyclic) bond motifs is 1. The van der Waals surface area contributed by atoms with Crippen molar-refractivity contribution in [2.75, 3.05) is 5.32 Å². The molecular weight excluding hydrogens is 304 g/mol. The number of hydrogen-bond donors (Lipinski definition) is 1. The van der Waals surface area contributed by atoms with Crippen molar-refractivity contribution in [3.63, 3.8) is 0 Å². The number of aryl methyl sites for hydroxylation is 1. The molecule has 0 fully saturated rings. The normalized spacial score (nSPS) is 12.4. The van der Waals surface area contributed by atoms with Gasteiger partial charge in [0.15, 0.2) is 17.3 Å². The van der Waals surface area contributed by atoms with E-state index in [0.29, 0.717) is 5.89 Å². The highest BCUT2D eigenvalue weighted by Gasteiger charge is 2.16. The van der Waals surface area contributed by atoms with E-state index in [1.807, 2.05) is 62.4 Å². The smallest absolute Gasteiger partial charge is 0.192 e. The molecule has 0 bridgehead atoms. The van der Waals surface area contributed by atoms with Gasteiger partial charge >= 0.3 is 0 Å². The van der Waals surface area contributed by atoms with Gasteiger partial charge in [-0.05, 0) is 47.7 Å². The van der Waals surface area contributed by atoms with Gasteiger partial charge < -0.3 is 9.73 Å². The molecule has 2 aromatic carbocycles. The molecule has 0 amide bonds. The van der Waals surface area contributed by atoms with Gasteiger partial charge in [-0.2, -0.15) is 4.68 Å². The lowest BCUT2D eigenvalue weighted by Crippen LogP contribution is -2.13. The monoisotopic (exact) mass is 320 g/mol. The van der Waals surface area contributed by atoms with Crippen molar-refractivity contribution in [1.29, 1.82) is 0 Å². The molecule has 0 unspecified atom stereocenters. The fourth-order valence-electron chi connectivity index (χ4n) is 2.66. The average molecular weight is 320 g/mol. The summed E-state index contributed by atoms with van der Waals surface area (Å²) >= 11 is 0. The lowest BCUT2D eigenvalue weighted by Gasteiger charge is -2.14. The third kappa shape index (κ3) is 2.60. The van der Waals surface area contributed by atoms with Crippen LogP contribution in [-0.4, -0.2) is 25.2 Å². The van der Waals surface area contributed by atoms with Gasteiger partial charge in [0.25, 0.3) is 0 Å². The summed E-state index contributed by atoms with van der Waals surface area (Å²) in [6.07, 6.45) is 0. The van der Waals surface area contributed by atoms with E-state index >= 15 is 0 Å². The van der Waals surface area contributed by atoms with Gasteiger partial charge in [0.2, 0.25) is 0 Å². The van der Waals surface area contributed by atoms with Crippen molar-refractivity contribution in [1.82, 2.24) is 25.2 Å². The molecule has 0 saturated heterocycles. The molecule has 7 heteroatoms. The van der Waals surface area contributed by atoms with Crippen LogP contribution in [0.15, 0.2) is 52.9 Å². The number of para-hydroxylation sites is 1. The third-order valence-electron chi connectivity index (χ3n) is 3.76. The highest BCUT2D eigenvalue weighted by atomic mass is 16.3. The van der Waals surface area contributed by atoms with Crippen LogP contribution in [0, 0.1) is 6.92 Å². The molecule has 0 aliphatic rings. The minimum absolute atomic E-state index is 0.0781. The van der Waals surface area contributed by atoms with Gasteiger partial charge in [0.1, 0.15) is 5.52 Å². The fourth-order valence-corrected chi connectivity index (χ4v) is 2.66. The molecule has 7 nitrogen and oxygen atoms in total. The summed E-state index contributed by atoms with van der Waals surface area (Å²) in [6.45, 7) is 3.85. The Morgan fingerprint density at radius 3 is 2.79 bits per heavy atom. The highest BCUT2D eigenvalue weighted by molar-refractivity contribution is 5.77. The van der Waals surface area contributed by atoms with Crippen molar-refractivity contribution < 1.29 is 4.42 Å². The largest absolute Gasteiger partial charge is 0.441 e. The van der Waals surface area contributed by atoms with E-state index in [0.717, 1.165) is 28.3 Å². The lowest BCUT2D eigenvalue weighted by molar-refractivity contribution is 0.561. The van der Waals surface area contributed by atoms with Crippen LogP contribution < -0.4 is 5.32 Å². The van der Waals surface area contributed by atoms with Crippen LogP contribution in [0.25, 0.3) is 16.8 Å². The van der Waals surface area contributed by atoms with E-state index in [2.05, 4.69) is 25.8 Å². The Bertz CT molecular complexity index is 975. The van der Waals surface area contributed by atoms with Gasteiger partial charge in [-0.25, -0.2) is 4.98 Å². The van der Waals surface area contributed by atoms with E-state index in [9.17, 15) is 0 Å². The number of nitrogens with one attached hydrogen (secondary N) is 1. The Balaban J connectivity index is 1.62. The first-order valence-corrected chi connectivity index (χ1v) is 7.68. The summed E-state index contributed by atoms with van der Waals surface area (Å²) in [5.74, 6) is 1.39. The molecule has 4 rings (SSSR count). The number of anilines is 1. The third-order valence-corrected chi connectivity index (χ3v) is 3.76. The molecule has 1 N–H and O–H groups in total. The molecular formula is C17H16N6O.